The Morgan fingerprint density at radius 3 is 2.80 bits per heavy atom. The van der Waals surface area contributed by atoms with E-state index >= 15 is 0 Å². The molecule has 2 rings (SSSR count). The Labute approximate surface area is 127 Å². The minimum Gasteiger partial charge on any atom is -0.350 e. The molecule has 0 bridgehead atoms. The first-order chi connectivity index (χ1) is 9.43. The molecule has 0 radical (unpaired) electrons. The van der Waals surface area contributed by atoms with Gasteiger partial charge in [-0.2, -0.15) is 0 Å². The first kappa shape index (κ1) is 15.0. The standard InChI is InChI=1S/C15H20BrN3O/c1-5-12-13(15(20)17-7-9(2)3)19-8-11(16)6-10(4)14(19)18-12/h6,8-9H,5,7H2,1-4H3,(H,17,20). The maximum Gasteiger partial charge on any atom is 0.270 e. The van der Waals surface area contributed by atoms with E-state index < -0.39 is 0 Å². The van der Waals surface area contributed by atoms with Crippen molar-refractivity contribution >= 4 is 27.5 Å². The largest absolute Gasteiger partial charge is 0.350 e. The molecule has 0 saturated carbocycles. The summed E-state index contributed by atoms with van der Waals surface area (Å²) in [6, 6.07) is 2.01. The minimum absolute atomic E-state index is 0.0550. The number of nitrogens with zero attached hydrogens (tertiary/aromatic N) is 2. The summed E-state index contributed by atoms with van der Waals surface area (Å²) in [4.78, 5) is 17.0. The number of aromatic nitrogens is 2. The number of pyridine rings is 1. The second-order valence-electron chi connectivity index (χ2n) is 5.40. The van der Waals surface area contributed by atoms with E-state index in [0.29, 0.717) is 18.2 Å². The summed E-state index contributed by atoms with van der Waals surface area (Å²) < 4.78 is 2.83. The number of amides is 1. The van der Waals surface area contributed by atoms with Crippen LogP contribution in [0.2, 0.25) is 0 Å². The number of carbonyl (C=O) groups is 1. The maximum atomic E-state index is 12.4. The van der Waals surface area contributed by atoms with Crippen molar-refractivity contribution in [1.29, 1.82) is 0 Å². The van der Waals surface area contributed by atoms with Gasteiger partial charge in [-0.1, -0.05) is 20.8 Å². The third-order valence-electron chi connectivity index (χ3n) is 3.16. The molecular formula is C15H20BrN3O. The van der Waals surface area contributed by atoms with Crippen LogP contribution in [0.3, 0.4) is 0 Å². The van der Waals surface area contributed by atoms with Gasteiger partial charge in [0.1, 0.15) is 11.3 Å². The number of imidazole rings is 1. The molecule has 0 aliphatic carbocycles. The molecule has 5 heteroatoms. The molecule has 0 aliphatic rings. The van der Waals surface area contributed by atoms with Crippen molar-refractivity contribution in [2.24, 2.45) is 5.92 Å². The van der Waals surface area contributed by atoms with E-state index in [9.17, 15) is 4.79 Å². The number of rotatable bonds is 4. The zero-order chi connectivity index (χ0) is 14.9. The summed E-state index contributed by atoms with van der Waals surface area (Å²) in [5, 5.41) is 2.98. The summed E-state index contributed by atoms with van der Waals surface area (Å²) in [6.07, 6.45) is 2.64. The van der Waals surface area contributed by atoms with E-state index in [1.807, 2.05) is 30.5 Å². The van der Waals surface area contributed by atoms with Crippen molar-refractivity contribution in [2.75, 3.05) is 6.54 Å². The molecule has 0 aliphatic heterocycles. The molecule has 1 amide bonds. The Morgan fingerprint density at radius 2 is 2.20 bits per heavy atom. The zero-order valence-electron chi connectivity index (χ0n) is 12.3. The van der Waals surface area contributed by atoms with Crippen molar-refractivity contribution < 1.29 is 4.79 Å². The van der Waals surface area contributed by atoms with Crippen molar-refractivity contribution in [3.05, 3.63) is 33.7 Å². The molecule has 0 saturated heterocycles. The summed E-state index contributed by atoms with van der Waals surface area (Å²) in [5.41, 5.74) is 3.39. The van der Waals surface area contributed by atoms with Crippen LogP contribution in [-0.4, -0.2) is 21.8 Å². The Kier molecular flexibility index (Phi) is 4.48. The Balaban J connectivity index is 2.52. The number of hydrogen-bond donors (Lipinski definition) is 1. The van der Waals surface area contributed by atoms with Crippen LogP contribution in [0.25, 0.3) is 5.65 Å². The third kappa shape index (κ3) is 2.87. The average molecular weight is 338 g/mol. The maximum absolute atomic E-state index is 12.4. The van der Waals surface area contributed by atoms with Gasteiger partial charge in [0, 0.05) is 17.2 Å². The second kappa shape index (κ2) is 5.95. The van der Waals surface area contributed by atoms with Crippen molar-refractivity contribution in [3.8, 4) is 0 Å². The van der Waals surface area contributed by atoms with Gasteiger partial charge in [-0.25, -0.2) is 4.98 Å². The van der Waals surface area contributed by atoms with Gasteiger partial charge in [0.2, 0.25) is 0 Å². The molecule has 20 heavy (non-hydrogen) atoms. The number of hydrogen-bond acceptors (Lipinski definition) is 2. The smallest absolute Gasteiger partial charge is 0.270 e. The number of halogens is 1. The minimum atomic E-state index is -0.0550. The highest BCUT2D eigenvalue weighted by Gasteiger charge is 2.19. The number of nitrogens with one attached hydrogen (secondary N) is 1. The van der Waals surface area contributed by atoms with Crippen molar-refractivity contribution in [2.45, 2.75) is 34.1 Å². The van der Waals surface area contributed by atoms with Gasteiger partial charge >= 0.3 is 0 Å². The van der Waals surface area contributed by atoms with Gasteiger partial charge in [-0.15, -0.1) is 0 Å². The normalized spacial score (nSPS) is 11.3. The third-order valence-corrected chi connectivity index (χ3v) is 3.60. The van der Waals surface area contributed by atoms with Gasteiger partial charge in [-0.3, -0.25) is 9.20 Å². The Bertz CT molecular complexity index is 646. The average Bonchev–Trinajstić information content (AvgIpc) is 2.74. The van der Waals surface area contributed by atoms with E-state index in [4.69, 9.17) is 0 Å². The van der Waals surface area contributed by atoms with Crippen LogP contribution in [0.1, 0.15) is 42.5 Å². The van der Waals surface area contributed by atoms with Gasteiger partial charge in [0.15, 0.2) is 0 Å². The van der Waals surface area contributed by atoms with Gasteiger partial charge in [-0.05, 0) is 46.8 Å². The summed E-state index contributed by atoms with van der Waals surface area (Å²) >= 11 is 3.48. The summed E-state index contributed by atoms with van der Waals surface area (Å²) in [6.45, 7) is 8.85. The number of fused-ring (bicyclic) bond motifs is 1. The highest BCUT2D eigenvalue weighted by atomic mass is 79.9. The molecule has 0 fully saturated rings. The molecule has 108 valence electrons. The van der Waals surface area contributed by atoms with Crippen LogP contribution < -0.4 is 5.32 Å². The van der Waals surface area contributed by atoms with Gasteiger partial charge < -0.3 is 5.32 Å². The van der Waals surface area contributed by atoms with E-state index in [1.165, 1.54) is 0 Å². The molecular weight excluding hydrogens is 318 g/mol. The van der Waals surface area contributed by atoms with Crippen molar-refractivity contribution in [1.82, 2.24) is 14.7 Å². The molecule has 0 aromatic carbocycles. The SMILES string of the molecule is CCc1nc2c(C)cc(Br)cn2c1C(=O)NCC(C)C. The summed E-state index contributed by atoms with van der Waals surface area (Å²) in [7, 11) is 0. The first-order valence-electron chi connectivity index (χ1n) is 6.89. The predicted molar refractivity (Wildman–Crippen MR) is 84.2 cm³/mol. The highest BCUT2D eigenvalue weighted by Crippen LogP contribution is 2.21. The molecule has 0 spiro atoms. The number of aryl methyl sites for hydroxylation is 2. The highest BCUT2D eigenvalue weighted by molar-refractivity contribution is 9.10. The quantitative estimate of drug-likeness (QED) is 0.929. The Morgan fingerprint density at radius 1 is 1.50 bits per heavy atom. The monoisotopic (exact) mass is 337 g/mol. The lowest BCUT2D eigenvalue weighted by Gasteiger charge is -2.09. The van der Waals surface area contributed by atoms with Crippen LogP contribution in [0.15, 0.2) is 16.7 Å². The van der Waals surface area contributed by atoms with E-state index in [0.717, 1.165) is 27.8 Å². The molecule has 1 N–H and O–H groups in total. The van der Waals surface area contributed by atoms with Crippen molar-refractivity contribution in [3.63, 3.8) is 0 Å². The van der Waals surface area contributed by atoms with Gasteiger partial charge in [0.25, 0.3) is 5.91 Å². The van der Waals surface area contributed by atoms with Crippen LogP contribution in [-0.2, 0) is 6.42 Å². The van der Waals surface area contributed by atoms with Crippen LogP contribution in [0, 0.1) is 12.8 Å². The topological polar surface area (TPSA) is 46.4 Å². The fourth-order valence-electron chi connectivity index (χ4n) is 2.18. The van der Waals surface area contributed by atoms with Crippen LogP contribution in [0.5, 0.6) is 0 Å². The molecule has 2 aromatic heterocycles. The fourth-order valence-corrected chi connectivity index (χ4v) is 2.73. The van der Waals surface area contributed by atoms with E-state index in [1.54, 1.807) is 0 Å². The predicted octanol–water partition coefficient (Wildman–Crippen LogP) is 3.35. The Hall–Kier alpha value is -1.36. The lowest BCUT2D eigenvalue weighted by molar-refractivity contribution is 0.0942. The molecule has 4 nitrogen and oxygen atoms in total. The first-order valence-corrected chi connectivity index (χ1v) is 7.68. The van der Waals surface area contributed by atoms with Crippen LogP contribution in [0.4, 0.5) is 0 Å². The van der Waals surface area contributed by atoms with Gasteiger partial charge in [0.05, 0.1) is 5.69 Å². The van der Waals surface area contributed by atoms with Crippen LogP contribution >= 0.6 is 15.9 Å². The molecule has 2 aromatic rings. The fraction of sp³-hybridized carbons (Fsp3) is 0.467. The molecule has 0 atom stereocenters. The van der Waals surface area contributed by atoms with E-state index in [2.05, 4.69) is 40.1 Å². The lowest BCUT2D eigenvalue weighted by atomic mass is 10.2. The zero-order valence-corrected chi connectivity index (χ0v) is 13.9. The molecule has 0 unspecified atom stereocenters. The van der Waals surface area contributed by atoms with E-state index in [-0.39, 0.29) is 5.91 Å². The second-order valence-corrected chi connectivity index (χ2v) is 6.32. The lowest BCUT2D eigenvalue weighted by Crippen LogP contribution is -2.29. The number of carbonyl (C=O) groups excluding carboxylic acids is 1. The summed E-state index contributed by atoms with van der Waals surface area (Å²) in [5.74, 6) is 0.372. The molecule has 2 heterocycles.